The van der Waals surface area contributed by atoms with Crippen molar-refractivity contribution in [2.75, 3.05) is 0 Å². The van der Waals surface area contributed by atoms with E-state index in [0.29, 0.717) is 0 Å². The molecule has 1 fully saturated rings. The van der Waals surface area contributed by atoms with E-state index in [1.54, 1.807) is 0 Å². The molecule has 0 radical (unpaired) electrons. The normalized spacial score (nSPS) is 49.2. The fourth-order valence-electron chi connectivity index (χ4n) is 1.47. The van der Waals surface area contributed by atoms with Gasteiger partial charge in [0.15, 0.2) is 0 Å². The summed E-state index contributed by atoms with van der Waals surface area (Å²) in [6.07, 6.45) is 2.88. The second-order valence-corrected chi connectivity index (χ2v) is 6.30. The molecule has 0 aliphatic heterocycles. The molecule has 0 aromatic carbocycles. The Morgan fingerprint density at radius 1 is 0.900 bits per heavy atom. The molecule has 0 amide bonds. The van der Waals surface area contributed by atoms with Crippen LogP contribution in [0.15, 0.2) is 0 Å². The van der Waals surface area contributed by atoms with Gasteiger partial charge in [0.2, 0.25) is 0 Å². The number of alkyl halides is 2. The number of halogens is 2. The number of rotatable bonds is 0. The van der Waals surface area contributed by atoms with E-state index in [0.717, 1.165) is 19.7 Å². The SMILES string of the molecule is CC1CCC(C)C(I)C1I. The summed E-state index contributed by atoms with van der Waals surface area (Å²) in [5.74, 6) is 1.89. The Labute approximate surface area is 90.8 Å². The Balaban J connectivity index is 2.52. The predicted octanol–water partition coefficient (Wildman–Crippen LogP) is 3.66. The van der Waals surface area contributed by atoms with E-state index in [-0.39, 0.29) is 0 Å². The van der Waals surface area contributed by atoms with Gasteiger partial charge >= 0.3 is 0 Å². The van der Waals surface area contributed by atoms with Crippen LogP contribution in [0.4, 0.5) is 0 Å². The van der Waals surface area contributed by atoms with Crippen molar-refractivity contribution in [1.82, 2.24) is 0 Å². The first-order valence-corrected chi connectivity index (χ1v) is 6.40. The van der Waals surface area contributed by atoms with Crippen LogP contribution < -0.4 is 0 Å². The first-order valence-electron chi connectivity index (χ1n) is 3.91. The molecule has 1 saturated carbocycles. The summed E-state index contributed by atoms with van der Waals surface area (Å²) in [5.41, 5.74) is 0. The second kappa shape index (κ2) is 3.92. The molecule has 0 aromatic rings. The monoisotopic (exact) mass is 364 g/mol. The largest absolute Gasteiger partial charge is 0.0812 e. The average Bonchev–Trinajstić information content (AvgIpc) is 1.93. The first kappa shape index (κ1) is 9.55. The highest BCUT2D eigenvalue weighted by molar-refractivity contribution is 14.1. The van der Waals surface area contributed by atoms with Crippen molar-refractivity contribution in [2.45, 2.75) is 34.5 Å². The molecule has 0 bridgehead atoms. The standard InChI is InChI=1S/C8H14I2/c1-5-3-4-6(2)8(10)7(5)9/h5-8H,3-4H2,1-2H3. The van der Waals surface area contributed by atoms with E-state index in [1.165, 1.54) is 12.8 Å². The van der Waals surface area contributed by atoms with Crippen molar-refractivity contribution in [1.29, 1.82) is 0 Å². The molecule has 0 heterocycles. The molecule has 1 aliphatic rings. The van der Waals surface area contributed by atoms with Gasteiger partial charge in [0.25, 0.3) is 0 Å². The lowest BCUT2D eigenvalue weighted by molar-refractivity contribution is 0.346. The third-order valence-corrected chi connectivity index (χ3v) is 7.85. The lowest BCUT2D eigenvalue weighted by atomic mass is 9.84. The zero-order valence-electron chi connectivity index (χ0n) is 6.48. The van der Waals surface area contributed by atoms with Crippen molar-refractivity contribution in [3.63, 3.8) is 0 Å². The Kier molecular flexibility index (Phi) is 3.74. The maximum absolute atomic E-state index is 2.62. The van der Waals surface area contributed by atoms with Crippen LogP contribution >= 0.6 is 45.2 Å². The van der Waals surface area contributed by atoms with Crippen LogP contribution in [0, 0.1) is 11.8 Å². The minimum atomic E-state index is 0.905. The molecule has 1 aliphatic carbocycles. The van der Waals surface area contributed by atoms with Gasteiger partial charge in [-0.15, -0.1) is 0 Å². The highest BCUT2D eigenvalue weighted by Crippen LogP contribution is 2.38. The van der Waals surface area contributed by atoms with Crippen LogP contribution in [-0.4, -0.2) is 7.85 Å². The molecule has 0 N–H and O–H groups in total. The molecule has 4 unspecified atom stereocenters. The minimum Gasteiger partial charge on any atom is -0.0812 e. The summed E-state index contributed by atoms with van der Waals surface area (Å²) < 4.78 is 1.81. The van der Waals surface area contributed by atoms with Gasteiger partial charge in [0.05, 0.1) is 0 Å². The van der Waals surface area contributed by atoms with Crippen molar-refractivity contribution in [2.24, 2.45) is 11.8 Å². The molecule has 0 nitrogen and oxygen atoms in total. The predicted molar refractivity (Wildman–Crippen MR) is 63.2 cm³/mol. The molecule has 4 atom stereocenters. The fraction of sp³-hybridized carbons (Fsp3) is 1.00. The van der Waals surface area contributed by atoms with Crippen LogP contribution in [0.2, 0.25) is 0 Å². The molecule has 1 rings (SSSR count). The van der Waals surface area contributed by atoms with Gasteiger partial charge < -0.3 is 0 Å². The van der Waals surface area contributed by atoms with Crippen LogP contribution in [0.25, 0.3) is 0 Å². The Morgan fingerprint density at radius 2 is 1.20 bits per heavy atom. The van der Waals surface area contributed by atoms with Crippen LogP contribution in [0.5, 0.6) is 0 Å². The van der Waals surface area contributed by atoms with E-state index < -0.39 is 0 Å². The Hall–Kier alpha value is 1.46. The Bertz CT molecular complexity index is 99.8. The summed E-state index contributed by atoms with van der Waals surface area (Å²) >= 11 is 5.23. The lowest BCUT2D eigenvalue weighted by Gasteiger charge is -2.34. The average molecular weight is 364 g/mol. The Morgan fingerprint density at radius 3 is 1.50 bits per heavy atom. The van der Waals surface area contributed by atoms with Crippen molar-refractivity contribution in [3.8, 4) is 0 Å². The summed E-state index contributed by atoms with van der Waals surface area (Å²) in [5, 5.41) is 0. The molecular weight excluding hydrogens is 350 g/mol. The van der Waals surface area contributed by atoms with Gasteiger partial charge in [0.1, 0.15) is 0 Å². The molecule has 60 valence electrons. The van der Waals surface area contributed by atoms with E-state index >= 15 is 0 Å². The molecule has 2 heteroatoms. The van der Waals surface area contributed by atoms with Gasteiger partial charge in [-0.1, -0.05) is 59.0 Å². The summed E-state index contributed by atoms with van der Waals surface area (Å²) in [6, 6.07) is 0. The highest BCUT2D eigenvalue weighted by atomic mass is 127. The lowest BCUT2D eigenvalue weighted by Crippen LogP contribution is -2.32. The van der Waals surface area contributed by atoms with E-state index in [2.05, 4.69) is 59.0 Å². The van der Waals surface area contributed by atoms with Crippen molar-refractivity contribution < 1.29 is 0 Å². The van der Waals surface area contributed by atoms with E-state index in [9.17, 15) is 0 Å². The van der Waals surface area contributed by atoms with Crippen LogP contribution in [0.3, 0.4) is 0 Å². The number of hydrogen-bond acceptors (Lipinski definition) is 0. The summed E-state index contributed by atoms with van der Waals surface area (Å²) in [4.78, 5) is 0. The molecule has 10 heavy (non-hydrogen) atoms. The zero-order chi connectivity index (χ0) is 7.72. The third kappa shape index (κ3) is 1.99. The van der Waals surface area contributed by atoms with Gasteiger partial charge in [-0.2, -0.15) is 0 Å². The van der Waals surface area contributed by atoms with Crippen LogP contribution in [0.1, 0.15) is 26.7 Å². The van der Waals surface area contributed by atoms with Gasteiger partial charge in [0, 0.05) is 7.85 Å². The van der Waals surface area contributed by atoms with Gasteiger partial charge in [-0.25, -0.2) is 0 Å². The maximum atomic E-state index is 2.62. The van der Waals surface area contributed by atoms with Gasteiger partial charge in [-0.05, 0) is 24.7 Å². The zero-order valence-corrected chi connectivity index (χ0v) is 10.8. The first-order chi connectivity index (χ1) is 4.63. The quantitative estimate of drug-likeness (QED) is 0.455. The molecule has 0 spiro atoms. The van der Waals surface area contributed by atoms with Crippen molar-refractivity contribution in [3.05, 3.63) is 0 Å². The second-order valence-electron chi connectivity index (χ2n) is 3.42. The fourth-order valence-corrected chi connectivity index (χ4v) is 3.61. The van der Waals surface area contributed by atoms with E-state index in [4.69, 9.17) is 0 Å². The van der Waals surface area contributed by atoms with E-state index in [1.807, 2.05) is 0 Å². The topological polar surface area (TPSA) is 0 Å². The maximum Gasteiger partial charge on any atom is 0.0256 e. The van der Waals surface area contributed by atoms with Crippen LogP contribution in [-0.2, 0) is 0 Å². The summed E-state index contributed by atoms with van der Waals surface area (Å²) in [6.45, 7) is 4.77. The van der Waals surface area contributed by atoms with Gasteiger partial charge in [-0.3, -0.25) is 0 Å². The van der Waals surface area contributed by atoms with Crippen molar-refractivity contribution >= 4 is 45.2 Å². The number of hydrogen-bond donors (Lipinski definition) is 0. The summed E-state index contributed by atoms with van der Waals surface area (Å²) in [7, 11) is 0. The highest BCUT2D eigenvalue weighted by Gasteiger charge is 2.31. The molecule has 0 saturated heterocycles. The minimum absolute atomic E-state index is 0.905. The smallest absolute Gasteiger partial charge is 0.0256 e. The molecular formula is C8H14I2. The molecule has 0 aromatic heterocycles. The third-order valence-electron chi connectivity index (χ3n) is 2.47.